The van der Waals surface area contributed by atoms with Crippen molar-refractivity contribution in [2.24, 2.45) is 0 Å². The van der Waals surface area contributed by atoms with Crippen LogP contribution in [-0.2, 0) is 11.2 Å². The summed E-state index contributed by atoms with van der Waals surface area (Å²) in [6, 6.07) is 8.03. The van der Waals surface area contributed by atoms with Gasteiger partial charge in [-0.25, -0.2) is 4.98 Å². The zero-order valence-corrected chi connectivity index (χ0v) is 14.7. The number of aryl methyl sites for hydroxylation is 2. The second kappa shape index (κ2) is 7.34. The van der Waals surface area contributed by atoms with Crippen molar-refractivity contribution in [1.82, 2.24) is 20.0 Å². The lowest BCUT2D eigenvalue weighted by Crippen LogP contribution is -2.26. The van der Waals surface area contributed by atoms with Gasteiger partial charge < -0.3 is 14.4 Å². The lowest BCUT2D eigenvalue weighted by molar-refractivity contribution is -0.121. The molecule has 0 bridgehead atoms. The van der Waals surface area contributed by atoms with E-state index >= 15 is 0 Å². The normalized spacial score (nSPS) is 12.1. The highest BCUT2D eigenvalue weighted by Crippen LogP contribution is 2.17. The molecule has 6 heteroatoms. The Morgan fingerprint density at radius 3 is 2.64 bits per heavy atom. The van der Waals surface area contributed by atoms with Crippen LogP contribution < -0.4 is 5.32 Å². The van der Waals surface area contributed by atoms with E-state index in [4.69, 9.17) is 4.52 Å². The third-order valence-corrected chi connectivity index (χ3v) is 4.36. The topological polar surface area (TPSA) is 73.0 Å². The molecular weight excluding hydrogens is 316 g/mol. The van der Waals surface area contributed by atoms with E-state index in [1.807, 2.05) is 55.8 Å². The molecule has 1 aromatic carbocycles. The van der Waals surface area contributed by atoms with Crippen LogP contribution in [-0.4, -0.2) is 20.6 Å². The van der Waals surface area contributed by atoms with E-state index in [1.54, 1.807) is 12.5 Å². The Hall–Kier alpha value is -2.89. The smallest absolute Gasteiger partial charge is 0.220 e. The Bertz CT molecular complexity index is 815. The number of amides is 1. The largest absolute Gasteiger partial charge is 0.361 e. The fourth-order valence-corrected chi connectivity index (χ4v) is 2.84. The Labute approximate surface area is 146 Å². The molecule has 2 aromatic heterocycles. The molecule has 25 heavy (non-hydrogen) atoms. The maximum atomic E-state index is 12.2. The van der Waals surface area contributed by atoms with Crippen LogP contribution in [0, 0.1) is 13.8 Å². The Morgan fingerprint density at radius 2 is 2.04 bits per heavy atom. The van der Waals surface area contributed by atoms with E-state index in [0.29, 0.717) is 12.8 Å². The highest BCUT2D eigenvalue weighted by molar-refractivity contribution is 5.76. The van der Waals surface area contributed by atoms with Crippen molar-refractivity contribution in [2.45, 2.75) is 39.7 Å². The van der Waals surface area contributed by atoms with Gasteiger partial charge in [0, 0.05) is 30.1 Å². The standard InChI is InChI=1S/C19H22N4O2/c1-13(16-4-6-17(7-5-16)23-11-10-20-12-23)21-19(24)9-8-18-14(2)22-25-15(18)3/h4-7,10-13H,8-9H2,1-3H3,(H,21,24)/t13-/m0/s1. The molecule has 0 aliphatic carbocycles. The van der Waals surface area contributed by atoms with Crippen LogP contribution >= 0.6 is 0 Å². The third-order valence-electron chi connectivity index (χ3n) is 4.36. The van der Waals surface area contributed by atoms with Crippen molar-refractivity contribution < 1.29 is 9.32 Å². The van der Waals surface area contributed by atoms with E-state index in [9.17, 15) is 4.79 Å². The van der Waals surface area contributed by atoms with E-state index in [1.165, 1.54) is 0 Å². The van der Waals surface area contributed by atoms with E-state index < -0.39 is 0 Å². The van der Waals surface area contributed by atoms with Crippen LogP contribution in [0.25, 0.3) is 5.69 Å². The number of aromatic nitrogens is 3. The number of benzene rings is 1. The molecule has 1 N–H and O–H groups in total. The van der Waals surface area contributed by atoms with Crippen LogP contribution in [0.2, 0.25) is 0 Å². The van der Waals surface area contributed by atoms with Gasteiger partial charge >= 0.3 is 0 Å². The van der Waals surface area contributed by atoms with Crippen LogP contribution in [0.4, 0.5) is 0 Å². The minimum absolute atomic E-state index is 0.0196. The van der Waals surface area contributed by atoms with Crippen LogP contribution in [0.5, 0.6) is 0 Å². The summed E-state index contributed by atoms with van der Waals surface area (Å²) in [4.78, 5) is 16.3. The highest BCUT2D eigenvalue weighted by Gasteiger charge is 2.13. The molecule has 130 valence electrons. The van der Waals surface area contributed by atoms with Crippen LogP contribution in [0.15, 0.2) is 47.5 Å². The fraction of sp³-hybridized carbons (Fsp3) is 0.316. The molecule has 0 spiro atoms. The van der Waals surface area contributed by atoms with Gasteiger partial charge in [0.25, 0.3) is 0 Å². The predicted molar refractivity (Wildman–Crippen MR) is 94.4 cm³/mol. The van der Waals surface area contributed by atoms with Gasteiger partial charge in [0.2, 0.25) is 5.91 Å². The number of nitrogens with one attached hydrogen (secondary N) is 1. The number of rotatable bonds is 6. The van der Waals surface area contributed by atoms with Gasteiger partial charge in [0.05, 0.1) is 18.1 Å². The molecule has 3 aromatic rings. The Balaban J connectivity index is 1.56. The first-order valence-electron chi connectivity index (χ1n) is 8.34. The van der Waals surface area contributed by atoms with Crippen molar-refractivity contribution in [3.8, 4) is 5.69 Å². The summed E-state index contributed by atoms with van der Waals surface area (Å²) in [5.41, 5.74) is 3.98. The van der Waals surface area contributed by atoms with Gasteiger partial charge in [-0.3, -0.25) is 4.79 Å². The summed E-state index contributed by atoms with van der Waals surface area (Å²) in [7, 11) is 0. The van der Waals surface area contributed by atoms with Gasteiger partial charge in [0.1, 0.15) is 5.76 Å². The third kappa shape index (κ3) is 3.96. The van der Waals surface area contributed by atoms with Crippen molar-refractivity contribution >= 4 is 5.91 Å². The summed E-state index contributed by atoms with van der Waals surface area (Å²) in [5, 5.41) is 6.96. The van der Waals surface area contributed by atoms with Gasteiger partial charge in [-0.1, -0.05) is 17.3 Å². The van der Waals surface area contributed by atoms with Crippen molar-refractivity contribution in [1.29, 1.82) is 0 Å². The fourth-order valence-electron chi connectivity index (χ4n) is 2.84. The molecule has 0 saturated carbocycles. The molecule has 0 fully saturated rings. The minimum atomic E-state index is -0.0472. The maximum Gasteiger partial charge on any atom is 0.220 e. The molecule has 0 radical (unpaired) electrons. The molecule has 6 nitrogen and oxygen atoms in total. The number of imidazole rings is 1. The SMILES string of the molecule is Cc1noc(C)c1CCC(=O)N[C@@H](C)c1ccc(-n2ccnc2)cc1. The highest BCUT2D eigenvalue weighted by atomic mass is 16.5. The predicted octanol–water partition coefficient (Wildman–Crippen LogP) is 3.29. The van der Waals surface area contributed by atoms with Gasteiger partial charge in [0.15, 0.2) is 0 Å². The van der Waals surface area contributed by atoms with Crippen LogP contribution in [0.3, 0.4) is 0 Å². The number of carbonyl (C=O) groups excluding carboxylic acids is 1. The molecule has 2 heterocycles. The number of hydrogen-bond donors (Lipinski definition) is 1. The quantitative estimate of drug-likeness (QED) is 0.748. The molecule has 0 unspecified atom stereocenters. The summed E-state index contributed by atoms with van der Waals surface area (Å²) >= 11 is 0. The van der Waals surface area contributed by atoms with Crippen molar-refractivity contribution in [3.63, 3.8) is 0 Å². The summed E-state index contributed by atoms with van der Waals surface area (Å²) in [6.07, 6.45) is 6.46. The monoisotopic (exact) mass is 338 g/mol. The number of hydrogen-bond acceptors (Lipinski definition) is 4. The van der Waals surface area contributed by atoms with Crippen LogP contribution in [0.1, 0.15) is 42.0 Å². The number of carbonyl (C=O) groups is 1. The average molecular weight is 338 g/mol. The second-order valence-electron chi connectivity index (χ2n) is 6.15. The number of nitrogens with zero attached hydrogens (tertiary/aromatic N) is 3. The molecule has 1 amide bonds. The molecule has 0 aliphatic heterocycles. The first-order valence-corrected chi connectivity index (χ1v) is 8.34. The van der Waals surface area contributed by atoms with Crippen molar-refractivity contribution in [3.05, 3.63) is 65.6 Å². The molecule has 1 atom stereocenters. The molecule has 0 saturated heterocycles. The van der Waals surface area contributed by atoms with E-state index in [2.05, 4.69) is 15.5 Å². The molecule has 3 rings (SSSR count). The first kappa shape index (κ1) is 17.0. The zero-order valence-electron chi connectivity index (χ0n) is 14.7. The maximum absolute atomic E-state index is 12.2. The molecular formula is C19H22N4O2. The Morgan fingerprint density at radius 1 is 1.28 bits per heavy atom. The van der Waals surface area contributed by atoms with Gasteiger partial charge in [-0.05, 0) is 44.9 Å². The summed E-state index contributed by atoms with van der Waals surface area (Å²) < 4.78 is 7.07. The second-order valence-corrected chi connectivity index (χ2v) is 6.15. The molecule has 0 aliphatic rings. The summed E-state index contributed by atoms with van der Waals surface area (Å²) in [6.45, 7) is 5.76. The van der Waals surface area contributed by atoms with Gasteiger partial charge in [-0.15, -0.1) is 0 Å². The van der Waals surface area contributed by atoms with Gasteiger partial charge in [-0.2, -0.15) is 0 Å². The van der Waals surface area contributed by atoms with E-state index in [0.717, 1.165) is 28.3 Å². The first-order chi connectivity index (χ1) is 12.0. The minimum Gasteiger partial charge on any atom is -0.361 e. The van der Waals surface area contributed by atoms with Crippen molar-refractivity contribution in [2.75, 3.05) is 0 Å². The van der Waals surface area contributed by atoms with E-state index in [-0.39, 0.29) is 11.9 Å². The lowest BCUT2D eigenvalue weighted by Gasteiger charge is -2.15. The lowest BCUT2D eigenvalue weighted by atomic mass is 10.1. The average Bonchev–Trinajstić information content (AvgIpc) is 3.24. The zero-order chi connectivity index (χ0) is 17.8. The summed E-state index contributed by atoms with van der Waals surface area (Å²) in [5.74, 6) is 0.805. The Kier molecular flexibility index (Phi) is 4.97.